The SMILES string of the molecule is COCCN1C(=O)S/C(=C/c2cc([N+](=O)[O-])cc([N+](=O)[O-])c2O)C1=O. The third-order valence-electron chi connectivity index (χ3n) is 3.19. The second-order valence-electron chi connectivity index (χ2n) is 4.74. The summed E-state index contributed by atoms with van der Waals surface area (Å²) in [4.78, 5) is 44.8. The van der Waals surface area contributed by atoms with Crippen LogP contribution >= 0.6 is 11.8 Å². The van der Waals surface area contributed by atoms with E-state index in [9.17, 15) is 34.9 Å². The molecule has 1 fully saturated rings. The van der Waals surface area contributed by atoms with Gasteiger partial charge in [-0.1, -0.05) is 0 Å². The van der Waals surface area contributed by atoms with Crippen LogP contribution in [0.1, 0.15) is 5.56 Å². The number of thioether (sulfide) groups is 1. The van der Waals surface area contributed by atoms with Crippen LogP contribution < -0.4 is 0 Å². The zero-order valence-corrected chi connectivity index (χ0v) is 13.5. The number of hydrogen-bond donors (Lipinski definition) is 1. The molecule has 0 aliphatic carbocycles. The van der Waals surface area contributed by atoms with Crippen LogP contribution in [0.5, 0.6) is 5.75 Å². The topological polar surface area (TPSA) is 153 Å². The van der Waals surface area contributed by atoms with Gasteiger partial charge >= 0.3 is 5.69 Å². The number of phenols is 1. The Morgan fingerprint density at radius 1 is 1.28 bits per heavy atom. The predicted octanol–water partition coefficient (Wildman–Crippen LogP) is 1.89. The van der Waals surface area contributed by atoms with Gasteiger partial charge in [-0.2, -0.15) is 0 Å². The number of amides is 2. The van der Waals surface area contributed by atoms with Gasteiger partial charge in [-0.3, -0.25) is 34.7 Å². The maximum Gasteiger partial charge on any atom is 0.318 e. The smallest absolute Gasteiger partial charge is 0.318 e. The lowest BCUT2D eigenvalue weighted by atomic mass is 10.1. The first-order valence-corrected chi connectivity index (χ1v) is 7.48. The lowest BCUT2D eigenvalue weighted by Crippen LogP contribution is -2.31. The van der Waals surface area contributed by atoms with Gasteiger partial charge < -0.3 is 9.84 Å². The van der Waals surface area contributed by atoms with Crippen molar-refractivity contribution in [3.8, 4) is 5.75 Å². The number of nitro benzene ring substituents is 2. The summed E-state index contributed by atoms with van der Waals surface area (Å²) < 4.78 is 4.79. The Balaban J connectivity index is 2.47. The molecule has 1 aliphatic rings. The van der Waals surface area contributed by atoms with Crippen molar-refractivity contribution in [1.82, 2.24) is 4.90 Å². The van der Waals surface area contributed by atoms with E-state index >= 15 is 0 Å². The fraction of sp³-hybridized carbons (Fsp3) is 0.231. The molecule has 12 heteroatoms. The molecule has 0 spiro atoms. The Labute approximate surface area is 144 Å². The zero-order valence-electron chi connectivity index (χ0n) is 12.7. The number of carbonyl (C=O) groups is 2. The number of non-ortho nitro benzene ring substituents is 1. The number of carbonyl (C=O) groups excluding carboxylic acids is 2. The lowest BCUT2D eigenvalue weighted by molar-refractivity contribution is -0.394. The standard InChI is InChI=1S/C13H11N3O8S/c1-24-3-2-14-12(18)10(25-13(14)19)5-7-4-8(15(20)21)6-9(11(7)17)16(22)23/h4-6,17H,2-3H2,1H3/b10-5+. The fourth-order valence-electron chi connectivity index (χ4n) is 2.00. The average molecular weight is 369 g/mol. The summed E-state index contributed by atoms with van der Waals surface area (Å²) in [5.74, 6) is -1.51. The summed E-state index contributed by atoms with van der Waals surface area (Å²) in [6.45, 7) is 0.137. The van der Waals surface area contributed by atoms with Crippen molar-refractivity contribution >= 4 is 40.4 Å². The van der Waals surface area contributed by atoms with Gasteiger partial charge in [0.1, 0.15) is 0 Å². The maximum atomic E-state index is 12.2. The minimum atomic E-state index is -0.982. The number of ether oxygens (including phenoxy) is 1. The van der Waals surface area contributed by atoms with Gasteiger partial charge in [-0.05, 0) is 17.8 Å². The highest BCUT2D eigenvalue weighted by Gasteiger charge is 2.35. The van der Waals surface area contributed by atoms with Crippen LogP contribution in [-0.4, -0.2) is 51.3 Å². The van der Waals surface area contributed by atoms with Crippen molar-refractivity contribution in [3.63, 3.8) is 0 Å². The normalized spacial score (nSPS) is 15.9. The molecule has 1 N–H and O–H groups in total. The Morgan fingerprint density at radius 2 is 1.96 bits per heavy atom. The first-order valence-electron chi connectivity index (χ1n) is 6.66. The van der Waals surface area contributed by atoms with Crippen molar-refractivity contribution in [2.75, 3.05) is 20.3 Å². The van der Waals surface area contributed by atoms with E-state index in [1.54, 1.807) is 0 Å². The van der Waals surface area contributed by atoms with Gasteiger partial charge in [0.2, 0.25) is 5.75 Å². The molecule has 0 unspecified atom stereocenters. The molecule has 1 aromatic carbocycles. The Morgan fingerprint density at radius 3 is 2.52 bits per heavy atom. The Hall–Kier alpha value is -2.99. The molecule has 0 saturated carbocycles. The number of aromatic hydroxyl groups is 1. The molecule has 2 rings (SSSR count). The van der Waals surface area contributed by atoms with E-state index in [1.807, 2.05) is 0 Å². The first kappa shape index (κ1) is 18.4. The number of phenolic OH excluding ortho intramolecular Hbond substituents is 1. The molecule has 132 valence electrons. The monoisotopic (exact) mass is 369 g/mol. The molecule has 0 radical (unpaired) electrons. The lowest BCUT2D eigenvalue weighted by Gasteiger charge is -2.10. The quantitative estimate of drug-likeness (QED) is 0.450. The highest BCUT2D eigenvalue weighted by Crippen LogP contribution is 2.38. The molecular formula is C13H11N3O8S. The fourth-order valence-corrected chi connectivity index (χ4v) is 2.85. The van der Waals surface area contributed by atoms with Crippen LogP contribution in [0.15, 0.2) is 17.0 Å². The second kappa shape index (κ2) is 7.27. The molecule has 11 nitrogen and oxygen atoms in total. The maximum absolute atomic E-state index is 12.2. The molecule has 25 heavy (non-hydrogen) atoms. The number of methoxy groups -OCH3 is 1. The van der Waals surface area contributed by atoms with E-state index < -0.39 is 38.1 Å². The van der Waals surface area contributed by atoms with Crippen molar-refractivity contribution in [3.05, 3.63) is 42.8 Å². The summed E-state index contributed by atoms with van der Waals surface area (Å²) in [6.07, 6.45) is 1.01. The molecule has 2 amide bonds. The number of nitro groups is 2. The van der Waals surface area contributed by atoms with Gasteiger partial charge in [0.25, 0.3) is 16.8 Å². The van der Waals surface area contributed by atoms with Crippen LogP contribution in [0.25, 0.3) is 6.08 Å². The predicted molar refractivity (Wildman–Crippen MR) is 86.0 cm³/mol. The minimum absolute atomic E-state index is 0.0135. The average Bonchev–Trinajstić information content (AvgIpc) is 2.80. The number of rotatable bonds is 6. The highest BCUT2D eigenvalue weighted by molar-refractivity contribution is 8.18. The number of benzene rings is 1. The first-order chi connectivity index (χ1) is 11.8. The molecule has 0 atom stereocenters. The third kappa shape index (κ3) is 3.75. The largest absolute Gasteiger partial charge is 0.502 e. The third-order valence-corrected chi connectivity index (χ3v) is 4.10. The summed E-state index contributed by atoms with van der Waals surface area (Å²) >= 11 is 0.556. The summed E-state index contributed by atoms with van der Waals surface area (Å²) in [7, 11) is 1.40. The number of nitrogens with zero attached hydrogens (tertiary/aromatic N) is 3. The molecule has 1 aliphatic heterocycles. The Bertz CT molecular complexity index is 807. The van der Waals surface area contributed by atoms with E-state index in [0.29, 0.717) is 17.8 Å². The Kier molecular flexibility index (Phi) is 5.34. The summed E-state index contributed by atoms with van der Waals surface area (Å²) in [6, 6.07) is 1.49. The van der Waals surface area contributed by atoms with Gasteiger partial charge in [-0.15, -0.1) is 0 Å². The highest BCUT2D eigenvalue weighted by atomic mass is 32.2. The number of imide groups is 1. The van der Waals surface area contributed by atoms with Gasteiger partial charge in [-0.25, -0.2) is 0 Å². The number of hydrogen-bond acceptors (Lipinski definition) is 9. The zero-order chi connectivity index (χ0) is 18.7. The second-order valence-corrected chi connectivity index (χ2v) is 5.74. The van der Waals surface area contributed by atoms with Crippen LogP contribution in [0, 0.1) is 20.2 Å². The molecule has 1 saturated heterocycles. The van der Waals surface area contributed by atoms with Crippen molar-refractivity contribution in [2.24, 2.45) is 0 Å². The summed E-state index contributed by atoms with van der Waals surface area (Å²) in [5.41, 5.74) is -1.81. The van der Waals surface area contributed by atoms with E-state index in [0.717, 1.165) is 17.0 Å². The molecule has 0 aromatic heterocycles. The molecular weight excluding hydrogens is 358 g/mol. The van der Waals surface area contributed by atoms with E-state index in [4.69, 9.17) is 4.74 Å². The summed E-state index contributed by atoms with van der Waals surface area (Å²) in [5, 5.41) is 31.2. The molecule has 1 aromatic rings. The van der Waals surface area contributed by atoms with Crippen LogP contribution in [0.4, 0.5) is 16.2 Å². The van der Waals surface area contributed by atoms with Crippen molar-refractivity contribution in [1.29, 1.82) is 0 Å². The molecule has 0 bridgehead atoms. The molecule has 1 heterocycles. The van der Waals surface area contributed by atoms with Gasteiger partial charge in [0, 0.05) is 18.7 Å². The van der Waals surface area contributed by atoms with E-state index in [1.165, 1.54) is 7.11 Å². The van der Waals surface area contributed by atoms with Gasteiger partial charge in [0.05, 0.1) is 34.0 Å². The van der Waals surface area contributed by atoms with E-state index in [-0.39, 0.29) is 23.6 Å². The van der Waals surface area contributed by atoms with E-state index in [2.05, 4.69) is 0 Å². The van der Waals surface area contributed by atoms with Crippen LogP contribution in [-0.2, 0) is 9.53 Å². The minimum Gasteiger partial charge on any atom is -0.502 e. The van der Waals surface area contributed by atoms with Crippen LogP contribution in [0.3, 0.4) is 0 Å². The van der Waals surface area contributed by atoms with Crippen molar-refractivity contribution in [2.45, 2.75) is 0 Å². The van der Waals surface area contributed by atoms with Crippen molar-refractivity contribution < 1.29 is 29.3 Å². The van der Waals surface area contributed by atoms with Crippen LogP contribution in [0.2, 0.25) is 0 Å². The van der Waals surface area contributed by atoms with Gasteiger partial charge in [0.15, 0.2) is 0 Å².